The number of carbonyl (C=O) groups excluding carboxylic acids is 2. The highest BCUT2D eigenvalue weighted by Gasteiger charge is 2.18. The van der Waals surface area contributed by atoms with Crippen LogP contribution < -0.4 is 10.6 Å². The van der Waals surface area contributed by atoms with Gasteiger partial charge in [-0.1, -0.05) is 42.1 Å². The highest BCUT2D eigenvalue weighted by Crippen LogP contribution is 2.27. The molecule has 0 saturated carbocycles. The number of aromatic nitrogens is 3. The van der Waals surface area contributed by atoms with Crippen LogP contribution in [0, 0.1) is 13.8 Å². The Labute approximate surface area is 207 Å². The lowest BCUT2D eigenvalue weighted by Crippen LogP contribution is -2.19. The van der Waals surface area contributed by atoms with Gasteiger partial charge in [0.25, 0.3) is 5.91 Å². The standard InChI is InChI=1S/C26H25N5O3S/c1-4-13-31-24(20-12-14-34-18(20)3)29-30-26(31)35-16-23(32)28-22-11-6-5-10-21(22)25(33)27-19-9-7-8-17(2)15-19/h4-12,14-15H,1,13,16H2,2-3H3,(H,27,33)(H,28,32). The molecule has 0 fully saturated rings. The molecule has 2 aromatic carbocycles. The van der Waals surface area contributed by atoms with Crippen LogP contribution in [0.25, 0.3) is 11.4 Å². The predicted molar refractivity (Wildman–Crippen MR) is 138 cm³/mol. The number of aryl methyl sites for hydroxylation is 2. The van der Waals surface area contributed by atoms with Crippen LogP contribution in [-0.4, -0.2) is 32.3 Å². The second kappa shape index (κ2) is 10.9. The summed E-state index contributed by atoms with van der Waals surface area (Å²) in [5.41, 5.74) is 3.38. The third-order valence-electron chi connectivity index (χ3n) is 5.18. The fraction of sp³-hybridized carbons (Fsp3) is 0.154. The molecule has 9 heteroatoms. The molecule has 0 bridgehead atoms. The molecule has 0 atom stereocenters. The van der Waals surface area contributed by atoms with Crippen molar-refractivity contribution in [3.63, 3.8) is 0 Å². The number of thioether (sulfide) groups is 1. The van der Waals surface area contributed by atoms with E-state index in [2.05, 4.69) is 27.4 Å². The number of benzene rings is 2. The van der Waals surface area contributed by atoms with E-state index >= 15 is 0 Å². The second-order valence-corrected chi connectivity index (χ2v) is 8.74. The Hall–Kier alpha value is -4.11. The van der Waals surface area contributed by atoms with Crippen molar-refractivity contribution in [3.05, 3.63) is 90.4 Å². The lowest BCUT2D eigenvalue weighted by molar-refractivity contribution is -0.113. The smallest absolute Gasteiger partial charge is 0.257 e. The van der Waals surface area contributed by atoms with Gasteiger partial charge < -0.3 is 15.1 Å². The summed E-state index contributed by atoms with van der Waals surface area (Å²) >= 11 is 1.26. The molecule has 2 amide bonds. The predicted octanol–water partition coefficient (Wildman–Crippen LogP) is 5.32. The lowest BCUT2D eigenvalue weighted by Gasteiger charge is -2.12. The van der Waals surface area contributed by atoms with Crippen LogP contribution in [0.15, 0.2) is 83.1 Å². The summed E-state index contributed by atoms with van der Waals surface area (Å²) in [6, 6.07) is 16.3. The van der Waals surface area contributed by atoms with E-state index in [0.29, 0.717) is 34.5 Å². The monoisotopic (exact) mass is 487 g/mol. The van der Waals surface area contributed by atoms with Crippen LogP contribution in [0.4, 0.5) is 11.4 Å². The fourth-order valence-electron chi connectivity index (χ4n) is 3.53. The maximum absolute atomic E-state index is 12.9. The van der Waals surface area contributed by atoms with E-state index in [1.165, 1.54) is 11.8 Å². The summed E-state index contributed by atoms with van der Waals surface area (Å²) in [4.78, 5) is 25.6. The van der Waals surface area contributed by atoms with Crippen LogP contribution in [0.5, 0.6) is 0 Å². The SMILES string of the molecule is C=CCn1c(SCC(=O)Nc2ccccc2C(=O)Nc2cccc(C)c2)nnc1-c1ccoc1C. The Balaban J connectivity index is 1.45. The first-order valence-corrected chi connectivity index (χ1v) is 11.9. The fourth-order valence-corrected chi connectivity index (χ4v) is 4.28. The van der Waals surface area contributed by atoms with Gasteiger partial charge in [0.2, 0.25) is 5.91 Å². The quantitative estimate of drug-likeness (QED) is 0.245. The van der Waals surface area contributed by atoms with Gasteiger partial charge in [0, 0.05) is 12.2 Å². The number of furan rings is 1. The van der Waals surface area contributed by atoms with Gasteiger partial charge in [0.1, 0.15) is 5.76 Å². The van der Waals surface area contributed by atoms with Crippen molar-refractivity contribution in [2.24, 2.45) is 0 Å². The molecule has 2 aromatic heterocycles. The molecule has 8 nitrogen and oxygen atoms in total. The van der Waals surface area contributed by atoms with Gasteiger partial charge in [-0.2, -0.15) is 0 Å². The van der Waals surface area contributed by atoms with Crippen LogP contribution in [-0.2, 0) is 11.3 Å². The number of hydrogen-bond acceptors (Lipinski definition) is 6. The van der Waals surface area contributed by atoms with Gasteiger partial charge in [-0.25, -0.2) is 0 Å². The van der Waals surface area contributed by atoms with Gasteiger partial charge in [-0.3, -0.25) is 14.2 Å². The normalized spacial score (nSPS) is 10.7. The van der Waals surface area contributed by atoms with Gasteiger partial charge in [-0.15, -0.1) is 16.8 Å². The van der Waals surface area contributed by atoms with E-state index in [1.807, 2.05) is 48.7 Å². The average molecular weight is 488 g/mol. The van der Waals surface area contributed by atoms with Crippen molar-refractivity contribution in [2.75, 3.05) is 16.4 Å². The van der Waals surface area contributed by atoms with Crippen LogP contribution in [0.2, 0.25) is 0 Å². The zero-order chi connectivity index (χ0) is 24.8. The molecule has 0 saturated heterocycles. The first kappa shape index (κ1) is 24.0. The van der Waals surface area contributed by atoms with E-state index in [1.54, 1.807) is 36.6 Å². The van der Waals surface area contributed by atoms with Crippen molar-refractivity contribution in [1.82, 2.24) is 14.8 Å². The lowest BCUT2D eigenvalue weighted by atomic mass is 10.1. The van der Waals surface area contributed by atoms with Crippen molar-refractivity contribution < 1.29 is 14.0 Å². The minimum Gasteiger partial charge on any atom is -0.469 e. The van der Waals surface area contributed by atoms with Crippen LogP contribution >= 0.6 is 11.8 Å². The molecular weight excluding hydrogens is 462 g/mol. The molecular formula is C26H25N5O3S. The highest BCUT2D eigenvalue weighted by molar-refractivity contribution is 7.99. The van der Waals surface area contributed by atoms with E-state index in [9.17, 15) is 9.59 Å². The van der Waals surface area contributed by atoms with Gasteiger partial charge in [0.05, 0.1) is 28.8 Å². The molecule has 4 aromatic rings. The minimum absolute atomic E-state index is 0.0908. The molecule has 0 unspecified atom stereocenters. The third-order valence-corrected chi connectivity index (χ3v) is 6.15. The number of para-hydroxylation sites is 1. The summed E-state index contributed by atoms with van der Waals surface area (Å²) < 4.78 is 7.27. The van der Waals surface area contributed by atoms with Crippen LogP contribution in [0.1, 0.15) is 21.7 Å². The minimum atomic E-state index is -0.301. The Morgan fingerprint density at radius 3 is 2.66 bits per heavy atom. The van der Waals surface area contributed by atoms with E-state index in [4.69, 9.17) is 4.42 Å². The van der Waals surface area contributed by atoms with Crippen LogP contribution in [0.3, 0.4) is 0 Å². The van der Waals surface area contributed by atoms with Crippen molar-refractivity contribution in [1.29, 1.82) is 0 Å². The average Bonchev–Trinajstić information content (AvgIpc) is 3.43. The van der Waals surface area contributed by atoms with Gasteiger partial charge >= 0.3 is 0 Å². The number of carbonyl (C=O) groups is 2. The van der Waals surface area contributed by atoms with Crippen molar-refractivity contribution >= 4 is 35.0 Å². The first-order valence-electron chi connectivity index (χ1n) is 10.9. The highest BCUT2D eigenvalue weighted by atomic mass is 32.2. The van der Waals surface area contributed by atoms with Gasteiger partial charge in [0.15, 0.2) is 11.0 Å². The Morgan fingerprint density at radius 1 is 1.09 bits per heavy atom. The van der Waals surface area contributed by atoms with Crippen molar-refractivity contribution in [2.45, 2.75) is 25.5 Å². The molecule has 178 valence electrons. The number of rotatable bonds is 9. The molecule has 0 spiro atoms. The number of amides is 2. The zero-order valence-electron chi connectivity index (χ0n) is 19.4. The molecule has 2 heterocycles. The molecule has 0 aliphatic rings. The first-order chi connectivity index (χ1) is 17.0. The largest absolute Gasteiger partial charge is 0.469 e. The number of nitrogens with zero attached hydrogens (tertiary/aromatic N) is 3. The summed E-state index contributed by atoms with van der Waals surface area (Å²) in [5.74, 6) is 0.910. The maximum Gasteiger partial charge on any atom is 0.257 e. The van der Waals surface area contributed by atoms with E-state index in [0.717, 1.165) is 16.9 Å². The third kappa shape index (κ3) is 5.70. The number of nitrogens with one attached hydrogen (secondary N) is 2. The molecule has 0 aliphatic carbocycles. The van der Waals surface area contributed by atoms with E-state index in [-0.39, 0.29) is 17.6 Å². The number of allylic oxidation sites excluding steroid dienone is 1. The Morgan fingerprint density at radius 2 is 1.91 bits per heavy atom. The molecule has 35 heavy (non-hydrogen) atoms. The maximum atomic E-state index is 12.9. The van der Waals surface area contributed by atoms with E-state index < -0.39 is 0 Å². The topological polar surface area (TPSA) is 102 Å². The molecule has 0 radical (unpaired) electrons. The summed E-state index contributed by atoms with van der Waals surface area (Å²) in [6.07, 6.45) is 3.35. The summed E-state index contributed by atoms with van der Waals surface area (Å²) in [5, 5.41) is 14.8. The van der Waals surface area contributed by atoms with Crippen molar-refractivity contribution in [3.8, 4) is 11.4 Å². The second-order valence-electron chi connectivity index (χ2n) is 7.80. The van der Waals surface area contributed by atoms with Gasteiger partial charge in [-0.05, 0) is 49.7 Å². The molecule has 0 aliphatic heterocycles. The summed E-state index contributed by atoms with van der Waals surface area (Å²) in [6.45, 7) is 8.10. The number of anilines is 2. The summed E-state index contributed by atoms with van der Waals surface area (Å²) in [7, 11) is 0. The molecule has 4 rings (SSSR count). The Bertz CT molecular complexity index is 1370. The number of hydrogen-bond donors (Lipinski definition) is 2. The zero-order valence-corrected chi connectivity index (χ0v) is 20.3. The Kier molecular flexibility index (Phi) is 7.47. The molecule has 2 N–H and O–H groups in total.